The van der Waals surface area contributed by atoms with E-state index in [0.29, 0.717) is 13.2 Å². The van der Waals surface area contributed by atoms with Gasteiger partial charge in [-0.1, -0.05) is 0 Å². The second-order valence-corrected chi connectivity index (χ2v) is 4.95. The van der Waals surface area contributed by atoms with Gasteiger partial charge < -0.3 is 15.2 Å². The van der Waals surface area contributed by atoms with Crippen LogP contribution in [0.15, 0.2) is 18.2 Å². The zero-order valence-electron chi connectivity index (χ0n) is 11.3. The van der Waals surface area contributed by atoms with Crippen molar-refractivity contribution in [2.24, 2.45) is 5.92 Å². The zero-order valence-corrected chi connectivity index (χ0v) is 11.3. The minimum atomic E-state index is -4.49. The molecule has 1 aliphatic rings. The Labute approximate surface area is 120 Å². The van der Waals surface area contributed by atoms with Gasteiger partial charge in [0, 0.05) is 18.9 Å². The Bertz CT molecular complexity index is 511. The molecule has 1 aliphatic heterocycles. The molecule has 0 atom stereocenters. The first kappa shape index (κ1) is 15.6. The first-order chi connectivity index (χ1) is 9.88. The summed E-state index contributed by atoms with van der Waals surface area (Å²) < 4.78 is 47.8. The van der Waals surface area contributed by atoms with Gasteiger partial charge in [-0.15, -0.1) is 0 Å². The molecule has 0 amide bonds. The maximum Gasteiger partial charge on any atom is 0.416 e. The SMILES string of the molecule is Nc1cc(C(F)(F)F)ccc1C(=O)OCC1CCOCC1. The molecule has 1 fully saturated rings. The number of hydrogen-bond donors (Lipinski definition) is 1. The minimum Gasteiger partial charge on any atom is -0.462 e. The Morgan fingerprint density at radius 3 is 2.57 bits per heavy atom. The van der Waals surface area contributed by atoms with Gasteiger partial charge in [-0.3, -0.25) is 0 Å². The lowest BCUT2D eigenvalue weighted by molar-refractivity contribution is -0.137. The van der Waals surface area contributed by atoms with Gasteiger partial charge >= 0.3 is 12.1 Å². The lowest BCUT2D eigenvalue weighted by Crippen LogP contribution is -2.22. The number of ether oxygens (including phenoxy) is 2. The quantitative estimate of drug-likeness (QED) is 0.689. The van der Waals surface area contributed by atoms with Gasteiger partial charge in [-0.05, 0) is 37.0 Å². The van der Waals surface area contributed by atoms with E-state index in [1.54, 1.807) is 0 Å². The predicted octanol–water partition coefficient (Wildman–Crippen LogP) is 2.87. The molecule has 1 heterocycles. The summed E-state index contributed by atoms with van der Waals surface area (Å²) in [5.74, 6) is -0.480. The summed E-state index contributed by atoms with van der Waals surface area (Å²) >= 11 is 0. The van der Waals surface area contributed by atoms with Gasteiger partial charge in [0.25, 0.3) is 0 Å². The summed E-state index contributed by atoms with van der Waals surface area (Å²) in [6.45, 7) is 1.48. The maximum atomic E-state index is 12.5. The third kappa shape index (κ3) is 4.10. The largest absolute Gasteiger partial charge is 0.462 e. The van der Waals surface area contributed by atoms with Crippen molar-refractivity contribution in [3.63, 3.8) is 0 Å². The van der Waals surface area contributed by atoms with Crippen LogP contribution in [0.25, 0.3) is 0 Å². The van der Waals surface area contributed by atoms with Gasteiger partial charge in [0.15, 0.2) is 0 Å². The summed E-state index contributed by atoms with van der Waals surface area (Å²) in [4.78, 5) is 11.9. The van der Waals surface area contributed by atoms with Crippen LogP contribution in [0.5, 0.6) is 0 Å². The first-order valence-corrected chi connectivity index (χ1v) is 6.59. The van der Waals surface area contributed by atoms with Crippen LogP contribution in [0.4, 0.5) is 18.9 Å². The van der Waals surface area contributed by atoms with Crippen molar-refractivity contribution in [3.8, 4) is 0 Å². The van der Waals surface area contributed by atoms with E-state index >= 15 is 0 Å². The van der Waals surface area contributed by atoms with E-state index in [2.05, 4.69) is 0 Å². The Kier molecular flexibility index (Phi) is 4.72. The summed E-state index contributed by atoms with van der Waals surface area (Å²) in [6.07, 6.45) is -2.88. The number of nitrogen functional groups attached to an aromatic ring is 1. The highest BCUT2D eigenvalue weighted by atomic mass is 19.4. The molecule has 0 spiro atoms. The molecule has 0 unspecified atom stereocenters. The van der Waals surface area contributed by atoms with Crippen molar-refractivity contribution in [3.05, 3.63) is 29.3 Å². The van der Waals surface area contributed by atoms with Crippen LogP contribution in [0, 0.1) is 5.92 Å². The molecule has 4 nitrogen and oxygen atoms in total. The molecular formula is C14H16F3NO3. The van der Waals surface area contributed by atoms with Gasteiger partial charge in [0.05, 0.1) is 17.7 Å². The van der Waals surface area contributed by atoms with Crippen LogP contribution < -0.4 is 5.73 Å². The standard InChI is InChI=1S/C14H16F3NO3/c15-14(16,17)10-1-2-11(12(18)7-10)13(19)21-8-9-3-5-20-6-4-9/h1-2,7,9H,3-6,8,18H2. The molecule has 1 saturated heterocycles. The zero-order chi connectivity index (χ0) is 15.5. The van der Waals surface area contributed by atoms with Crippen LogP contribution in [0.1, 0.15) is 28.8 Å². The minimum absolute atomic E-state index is 0.0462. The van der Waals surface area contributed by atoms with Gasteiger partial charge in [-0.25, -0.2) is 4.79 Å². The van der Waals surface area contributed by atoms with Crippen molar-refractivity contribution in [2.75, 3.05) is 25.6 Å². The molecule has 7 heteroatoms. The Morgan fingerprint density at radius 1 is 1.33 bits per heavy atom. The average molecular weight is 303 g/mol. The van der Waals surface area contributed by atoms with Gasteiger partial charge in [-0.2, -0.15) is 13.2 Å². The van der Waals surface area contributed by atoms with Crippen molar-refractivity contribution in [1.29, 1.82) is 0 Å². The highest BCUT2D eigenvalue weighted by molar-refractivity contribution is 5.95. The van der Waals surface area contributed by atoms with Gasteiger partial charge in [0.2, 0.25) is 0 Å². The first-order valence-electron chi connectivity index (χ1n) is 6.59. The second kappa shape index (κ2) is 6.34. The molecule has 1 aromatic rings. The van der Waals surface area contributed by atoms with E-state index in [4.69, 9.17) is 15.2 Å². The molecule has 0 aliphatic carbocycles. The Hall–Kier alpha value is -1.76. The lowest BCUT2D eigenvalue weighted by atomic mass is 10.0. The fourth-order valence-electron chi connectivity index (χ4n) is 2.11. The number of esters is 1. The number of anilines is 1. The maximum absolute atomic E-state index is 12.5. The predicted molar refractivity (Wildman–Crippen MR) is 69.7 cm³/mol. The van der Waals surface area contributed by atoms with Crippen LogP contribution >= 0.6 is 0 Å². The number of rotatable bonds is 3. The molecule has 2 rings (SSSR count). The molecule has 21 heavy (non-hydrogen) atoms. The monoisotopic (exact) mass is 303 g/mol. The number of hydrogen-bond acceptors (Lipinski definition) is 4. The smallest absolute Gasteiger partial charge is 0.416 e. The van der Waals surface area contributed by atoms with E-state index in [-0.39, 0.29) is 23.8 Å². The molecule has 2 N–H and O–H groups in total. The van der Waals surface area contributed by atoms with Crippen LogP contribution in [0.2, 0.25) is 0 Å². The average Bonchev–Trinajstić information content (AvgIpc) is 2.45. The molecule has 0 radical (unpaired) electrons. The third-order valence-corrected chi connectivity index (χ3v) is 3.39. The topological polar surface area (TPSA) is 61.6 Å². The number of alkyl halides is 3. The van der Waals surface area contributed by atoms with Crippen molar-refractivity contribution < 1.29 is 27.4 Å². The summed E-state index contributed by atoms with van der Waals surface area (Å²) in [7, 11) is 0. The van der Waals surface area contributed by atoms with Gasteiger partial charge in [0.1, 0.15) is 0 Å². The fraction of sp³-hybridized carbons (Fsp3) is 0.500. The summed E-state index contributed by atoms with van der Waals surface area (Å²) in [6, 6.07) is 2.61. The van der Waals surface area contributed by atoms with Crippen molar-refractivity contribution >= 4 is 11.7 Å². The van der Waals surface area contributed by atoms with E-state index in [9.17, 15) is 18.0 Å². The normalized spacial score (nSPS) is 16.7. The number of carbonyl (C=O) groups is 1. The van der Waals surface area contributed by atoms with E-state index in [1.165, 1.54) is 0 Å². The van der Waals surface area contributed by atoms with Crippen LogP contribution in [-0.4, -0.2) is 25.8 Å². The van der Waals surface area contributed by atoms with E-state index < -0.39 is 17.7 Å². The summed E-state index contributed by atoms with van der Waals surface area (Å²) in [5, 5.41) is 0. The van der Waals surface area contributed by atoms with Crippen molar-refractivity contribution in [2.45, 2.75) is 19.0 Å². The fourth-order valence-corrected chi connectivity index (χ4v) is 2.11. The van der Waals surface area contributed by atoms with Crippen LogP contribution in [0.3, 0.4) is 0 Å². The number of nitrogens with two attached hydrogens (primary N) is 1. The lowest BCUT2D eigenvalue weighted by Gasteiger charge is -2.21. The number of benzene rings is 1. The Morgan fingerprint density at radius 2 is 2.00 bits per heavy atom. The molecule has 0 bridgehead atoms. The highest BCUT2D eigenvalue weighted by Crippen LogP contribution is 2.31. The molecule has 0 aromatic heterocycles. The number of halogens is 3. The molecule has 116 valence electrons. The number of carbonyl (C=O) groups excluding carboxylic acids is 1. The second-order valence-electron chi connectivity index (χ2n) is 4.95. The summed E-state index contributed by atoms with van der Waals surface area (Å²) in [5.41, 5.74) is 4.34. The highest BCUT2D eigenvalue weighted by Gasteiger charge is 2.31. The molecule has 0 saturated carbocycles. The van der Waals surface area contributed by atoms with E-state index in [0.717, 1.165) is 31.0 Å². The van der Waals surface area contributed by atoms with Crippen LogP contribution in [-0.2, 0) is 15.7 Å². The molecule has 1 aromatic carbocycles. The van der Waals surface area contributed by atoms with E-state index in [1.807, 2.05) is 0 Å². The Balaban J connectivity index is 1.99. The third-order valence-electron chi connectivity index (χ3n) is 3.39. The molecular weight excluding hydrogens is 287 g/mol. The van der Waals surface area contributed by atoms with Crippen molar-refractivity contribution in [1.82, 2.24) is 0 Å².